The maximum absolute atomic E-state index is 13.4. The van der Waals surface area contributed by atoms with Gasteiger partial charge in [-0.3, -0.25) is 4.79 Å². The lowest BCUT2D eigenvalue weighted by atomic mass is 9.99. The monoisotopic (exact) mass is 445 g/mol. The summed E-state index contributed by atoms with van der Waals surface area (Å²) >= 11 is 0. The van der Waals surface area contributed by atoms with Crippen molar-refractivity contribution >= 4 is 21.6 Å². The van der Waals surface area contributed by atoms with E-state index in [4.69, 9.17) is 4.74 Å². The number of sulfonamides is 1. The van der Waals surface area contributed by atoms with Crippen LogP contribution in [0.3, 0.4) is 0 Å². The fraction of sp³-hybridized carbons (Fsp3) is 0.435. The van der Waals surface area contributed by atoms with E-state index in [9.17, 15) is 13.2 Å². The van der Waals surface area contributed by atoms with Crippen molar-refractivity contribution in [1.82, 2.24) is 9.62 Å². The number of benzene rings is 2. The smallest absolute Gasteiger partial charge is 0.253 e. The molecule has 1 aliphatic heterocycles. The molecule has 0 bridgehead atoms. The Morgan fingerprint density at radius 3 is 2.42 bits per heavy atom. The molecule has 168 valence electrons. The maximum atomic E-state index is 13.4. The van der Waals surface area contributed by atoms with Gasteiger partial charge in [0.25, 0.3) is 5.91 Å². The lowest BCUT2D eigenvalue weighted by molar-refractivity contribution is 0.0938. The molecule has 1 amide bonds. The number of morpholine rings is 1. The van der Waals surface area contributed by atoms with Crippen LogP contribution in [0.2, 0.25) is 0 Å². The van der Waals surface area contributed by atoms with E-state index in [1.165, 1.54) is 20.2 Å². The van der Waals surface area contributed by atoms with Gasteiger partial charge in [0.15, 0.2) is 0 Å². The molecule has 2 aromatic carbocycles. The molecule has 1 aliphatic rings. The molecule has 0 radical (unpaired) electrons. The summed E-state index contributed by atoms with van der Waals surface area (Å²) in [6, 6.07) is 10.7. The van der Waals surface area contributed by atoms with Gasteiger partial charge in [-0.2, -0.15) is 0 Å². The summed E-state index contributed by atoms with van der Waals surface area (Å²) in [7, 11) is -0.704. The largest absolute Gasteiger partial charge is 0.378 e. The van der Waals surface area contributed by atoms with Gasteiger partial charge in [0.1, 0.15) is 0 Å². The van der Waals surface area contributed by atoms with E-state index < -0.39 is 10.0 Å². The fourth-order valence-electron chi connectivity index (χ4n) is 3.73. The van der Waals surface area contributed by atoms with Crippen LogP contribution in [0.1, 0.15) is 40.0 Å². The van der Waals surface area contributed by atoms with E-state index in [-0.39, 0.29) is 16.8 Å². The van der Waals surface area contributed by atoms with Crippen molar-refractivity contribution in [2.75, 3.05) is 45.3 Å². The Morgan fingerprint density at radius 2 is 1.77 bits per heavy atom. The van der Waals surface area contributed by atoms with Crippen molar-refractivity contribution in [2.24, 2.45) is 0 Å². The van der Waals surface area contributed by atoms with Gasteiger partial charge in [-0.1, -0.05) is 23.8 Å². The summed E-state index contributed by atoms with van der Waals surface area (Å²) in [6.45, 7) is 8.40. The molecule has 3 rings (SSSR count). The molecule has 8 heteroatoms. The molecule has 1 atom stereocenters. The van der Waals surface area contributed by atoms with E-state index in [0.717, 1.165) is 21.0 Å². The van der Waals surface area contributed by atoms with E-state index in [2.05, 4.69) is 16.3 Å². The van der Waals surface area contributed by atoms with Crippen molar-refractivity contribution < 1.29 is 17.9 Å². The highest BCUT2D eigenvalue weighted by molar-refractivity contribution is 7.89. The number of amides is 1. The Bertz CT molecular complexity index is 1060. The van der Waals surface area contributed by atoms with Gasteiger partial charge in [-0.15, -0.1) is 0 Å². The maximum Gasteiger partial charge on any atom is 0.253 e. The van der Waals surface area contributed by atoms with Gasteiger partial charge in [-0.05, 0) is 50.1 Å². The molecule has 0 spiro atoms. The summed E-state index contributed by atoms with van der Waals surface area (Å²) in [6.07, 6.45) is 0. The zero-order valence-corrected chi connectivity index (χ0v) is 19.6. The second kappa shape index (κ2) is 9.38. The third-order valence-corrected chi connectivity index (χ3v) is 7.40. The summed E-state index contributed by atoms with van der Waals surface area (Å²) in [4.78, 5) is 15.5. The average molecular weight is 446 g/mol. The van der Waals surface area contributed by atoms with Gasteiger partial charge in [-0.25, -0.2) is 12.7 Å². The second-order valence-corrected chi connectivity index (χ2v) is 10.3. The number of ether oxygens (including phenoxy) is 1. The van der Waals surface area contributed by atoms with E-state index in [1.54, 1.807) is 12.1 Å². The molecule has 1 saturated heterocycles. The summed E-state index contributed by atoms with van der Waals surface area (Å²) in [5.41, 5.74) is 4.32. The van der Waals surface area contributed by atoms with E-state index in [0.29, 0.717) is 37.6 Å². The van der Waals surface area contributed by atoms with Crippen LogP contribution in [0.5, 0.6) is 0 Å². The Morgan fingerprint density at radius 1 is 1.10 bits per heavy atom. The number of carbonyl (C=O) groups excluding carboxylic acids is 1. The number of anilines is 1. The van der Waals surface area contributed by atoms with Crippen LogP contribution in [0.15, 0.2) is 41.3 Å². The molecule has 1 heterocycles. The molecular weight excluding hydrogens is 414 g/mol. The lowest BCUT2D eigenvalue weighted by Crippen LogP contribution is -2.38. The normalized spacial score (nSPS) is 15.7. The highest BCUT2D eigenvalue weighted by Crippen LogP contribution is 2.27. The Kier molecular flexibility index (Phi) is 7.03. The second-order valence-electron chi connectivity index (χ2n) is 8.12. The quantitative estimate of drug-likeness (QED) is 0.740. The van der Waals surface area contributed by atoms with Crippen LogP contribution < -0.4 is 10.2 Å². The molecule has 1 unspecified atom stereocenters. The van der Waals surface area contributed by atoms with Crippen molar-refractivity contribution in [3.05, 3.63) is 58.7 Å². The van der Waals surface area contributed by atoms with Crippen LogP contribution in [0.25, 0.3) is 0 Å². The lowest BCUT2D eigenvalue weighted by Gasteiger charge is -2.31. The number of carbonyl (C=O) groups is 1. The molecule has 1 N–H and O–H groups in total. The first-order valence-corrected chi connectivity index (χ1v) is 11.8. The molecule has 0 saturated carbocycles. The third-order valence-electron chi connectivity index (χ3n) is 5.59. The minimum atomic E-state index is -3.66. The molecule has 2 aromatic rings. The average Bonchev–Trinajstić information content (AvgIpc) is 2.75. The SMILES string of the molecule is Cc1ccc(C)c(C(C)NC(=O)c2cc(S(=O)(=O)N(C)C)ccc2N2CCOCC2)c1. The Hall–Kier alpha value is -2.42. The number of aryl methyl sites for hydroxylation is 2. The van der Waals surface area contributed by atoms with Gasteiger partial charge >= 0.3 is 0 Å². The molecule has 7 nitrogen and oxygen atoms in total. The van der Waals surface area contributed by atoms with Crippen molar-refractivity contribution in [2.45, 2.75) is 31.7 Å². The molecule has 0 aliphatic carbocycles. The predicted molar refractivity (Wildman–Crippen MR) is 122 cm³/mol. The van der Waals surface area contributed by atoms with Crippen LogP contribution in [-0.4, -0.2) is 59.0 Å². The topological polar surface area (TPSA) is 79.0 Å². The van der Waals surface area contributed by atoms with Gasteiger partial charge < -0.3 is 15.0 Å². The van der Waals surface area contributed by atoms with E-state index >= 15 is 0 Å². The van der Waals surface area contributed by atoms with Crippen molar-refractivity contribution in [3.8, 4) is 0 Å². The summed E-state index contributed by atoms with van der Waals surface area (Å²) < 4.78 is 31.9. The van der Waals surface area contributed by atoms with E-state index in [1.807, 2.05) is 32.9 Å². The Balaban J connectivity index is 1.99. The molecular formula is C23H31N3O4S. The first kappa shape index (κ1) is 23.2. The number of nitrogens with one attached hydrogen (secondary N) is 1. The fourth-order valence-corrected chi connectivity index (χ4v) is 4.66. The Labute approximate surface area is 185 Å². The molecule has 31 heavy (non-hydrogen) atoms. The minimum Gasteiger partial charge on any atom is -0.378 e. The van der Waals surface area contributed by atoms with Crippen molar-refractivity contribution in [3.63, 3.8) is 0 Å². The summed E-state index contributed by atoms with van der Waals surface area (Å²) in [5, 5.41) is 3.06. The zero-order valence-electron chi connectivity index (χ0n) is 18.8. The summed E-state index contributed by atoms with van der Waals surface area (Å²) in [5.74, 6) is -0.300. The van der Waals surface area contributed by atoms with Crippen LogP contribution in [0.4, 0.5) is 5.69 Å². The predicted octanol–water partition coefficient (Wildman–Crippen LogP) is 2.88. The van der Waals surface area contributed by atoms with Gasteiger partial charge in [0.2, 0.25) is 10.0 Å². The first-order valence-electron chi connectivity index (χ1n) is 10.4. The van der Waals surface area contributed by atoms with Crippen LogP contribution in [0, 0.1) is 13.8 Å². The number of hydrogen-bond donors (Lipinski definition) is 1. The number of hydrogen-bond acceptors (Lipinski definition) is 5. The number of nitrogens with zero attached hydrogens (tertiary/aromatic N) is 2. The highest BCUT2D eigenvalue weighted by atomic mass is 32.2. The zero-order chi connectivity index (χ0) is 22.8. The van der Waals surface area contributed by atoms with Gasteiger partial charge in [0.05, 0.1) is 29.7 Å². The first-order chi connectivity index (χ1) is 14.6. The van der Waals surface area contributed by atoms with Crippen LogP contribution in [-0.2, 0) is 14.8 Å². The highest BCUT2D eigenvalue weighted by Gasteiger charge is 2.25. The number of rotatable bonds is 6. The van der Waals surface area contributed by atoms with Gasteiger partial charge in [0, 0.05) is 32.9 Å². The standard InChI is InChI=1S/C23H31N3O4S/c1-16-6-7-17(2)20(14-16)18(3)24-23(27)21-15-19(31(28,29)25(4)5)8-9-22(21)26-10-12-30-13-11-26/h6-9,14-15,18H,10-13H2,1-5H3,(H,24,27). The third kappa shape index (κ3) is 5.08. The molecule has 1 fully saturated rings. The van der Waals surface area contributed by atoms with Crippen molar-refractivity contribution in [1.29, 1.82) is 0 Å². The van der Waals surface area contributed by atoms with Crippen LogP contribution >= 0.6 is 0 Å². The minimum absolute atomic E-state index is 0.0963. The molecule has 0 aromatic heterocycles.